The fourth-order valence-corrected chi connectivity index (χ4v) is 2.61. The summed E-state index contributed by atoms with van der Waals surface area (Å²) in [4.78, 5) is 3.74. The summed E-state index contributed by atoms with van der Waals surface area (Å²) in [6, 6.07) is 17.3. The lowest BCUT2D eigenvalue weighted by atomic mass is 10.1. The molecule has 0 fully saturated rings. The highest BCUT2D eigenvalue weighted by molar-refractivity contribution is 7.07. The quantitative estimate of drug-likeness (QED) is 0.443. The van der Waals surface area contributed by atoms with Gasteiger partial charge in [0, 0.05) is 22.5 Å². The second-order valence-electron chi connectivity index (χ2n) is 4.17. The van der Waals surface area contributed by atoms with Crippen molar-refractivity contribution in [2.24, 2.45) is 0 Å². The molecule has 0 saturated heterocycles. The molecule has 1 heterocycles. The monoisotopic (exact) mass is 279 g/mol. The molecule has 3 heteroatoms. The van der Waals surface area contributed by atoms with Crippen molar-refractivity contribution in [3.05, 3.63) is 76.7 Å². The van der Waals surface area contributed by atoms with Gasteiger partial charge in [0.2, 0.25) is 0 Å². The first-order valence-electron chi connectivity index (χ1n) is 5.93. The van der Waals surface area contributed by atoms with E-state index in [0.717, 1.165) is 6.42 Å². The molecule has 0 saturated carbocycles. The second kappa shape index (κ2) is 6.45. The van der Waals surface area contributed by atoms with E-state index in [0.29, 0.717) is 0 Å². The standard InChI is InChI=1S/C13H10.C3H3NS.Si/c1-3-7-12-10(5-1)9-11-6-2-4-8-13(11)12;1-2-5-3-4-1;/h1-8H,9H2;1-3H;. The van der Waals surface area contributed by atoms with Crippen LogP contribution in [0.1, 0.15) is 11.1 Å². The molecule has 1 nitrogen and oxygen atoms in total. The topological polar surface area (TPSA) is 12.9 Å². The van der Waals surface area contributed by atoms with E-state index in [1.165, 1.54) is 22.3 Å². The molecule has 4 radical (unpaired) electrons. The molecule has 0 aliphatic heterocycles. The largest absolute Gasteiger partial charge is 0.253 e. The molecule has 0 atom stereocenters. The van der Waals surface area contributed by atoms with Crippen LogP contribution in [-0.4, -0.2) is 15.9 Å². The number of nitrogens with zero attached hydrogens (tertiary/aromatic N) is 1. The molecule has 3 aromatic rings. The van der Waals surface area contributed by atoms with Crippen LogP contribution in [0.15, 0.2) is 65.6 Å². The molecule has 4 rings (SSSR count). The van der Waals surface area contributed by atoms with Gasteiger partial charge in [0.1, 0.15) is 0 Å². The van der Waals surface area contributed by atoms with Crippen LogP contribution < -0.4 is 0 Å². The molecule has 1 aromatic heterocycles. The highest BCUT2D eigenvalue weighted by Crippen LogP contribution is 2.35. The zero-order valence-corrected chi connectivity index (χ0v) is 12.2. The first kappa shape index (κ1) is 13.7. The Labute approximate surface area is 122 Å². The van der Waals surface area contributed by atoms with Crippen molar-refractivity contribution in [1.29, 1.82) is 0 Å². The molecule has 0 spiro atoms. The Balaban J connectivity index is 0.000000190. The van der Waals surface area contributed by atoms with Crippen molar-refractivity contribution >= 4 is 22.3 Å². The average Bonchev–Trinajstić information content (AvgIpc) is 3.10. The summed E-state index contributed by atoms with van der Waals surface area (Å²) in [6.45, 7) is 0. The maximum Gasteiger partial charge on any atom is 0.0791 e. The van der Waals surface area contributed by atoms with E-state index in [-0.39, 0.29) is 11.0 Å². The number of fused-ring (bicyclic) bond motifs is 3. The highest BCUT2D eigenvalue weighted by Gasteiger charge is 2.15. The third-order valence-corrected chi connectivity index (χ3v) is 3.58. The predicted octanol–water partition coefficient (Wildman–Crippen LogP) is 4.02. The third kappa shape index (κ3) is 3.00. The van der Waals surface area contributed by atoms with Crippen molar-refractivity contribution in [3.8, 4) is 11.1 Å². The fourth-order valence-electron chi connectivity index (χ4n) is 2.26. The van der Waals surface area contributed by atoms with Crippen LogP contribution in [0, 0.1) is 0 Å². The van der Waals surface area contributed by atoms with Crippen molar-refractivity contribution < 1.29 is 0 Å². The van der Waals surface area contributed by atoms with E-state index >= 15 is 0 Å². The minimum absolute atomic E-state index is 0. The van der Waals surface area contributed by atoms with E-state index in [9.17, 15) is 0 Å². The van der Waals surface area contributed by atoms with Crippen LogP contribution in [0.4, 0.5) is 0 Å². The summed E-state index contributed by atoms with van der Waals surface area (Å²) in [5, 5.41) is 1.93. The summed E-state index contributed by atoms with van der Waals surface area (Å²) >= 11 is 1.60. The number of hydrogen-bond donors (Lipinski definition) is 0. The van der Waals surface area contributed by atoms with Gasteiger partial charge in [-0.05, 0) is 28.7 Å². The van der Waals surface area contributed by atoms with Gasteiger partial charge in [-0.2, -0.15) is 0 Å². The van der Waals surface area contributed by atoms with Crippen LogP contribution in [0.25, 0.3) is 11.1 Å². The van der Waals surface area contributed by atoms with E-state index in [1.54, 1.807) is 23.0 Å². The fraction of sp³-hybridized carbons (Fsp3) is 0.0625. The van der Waals surface area contributed by atoms with Crippen LogP contribution in [0.3, 0.4) is 0 Å². The highest BCUT2D eigenvalue weighted by atomic mass is 32.1. The van der Waals surface area contributed by atoms with Crippen LogP contribution in [0.2, 0.25) is 0 Å². The minimum atomic E-state index is 0. The number of thiazole rings is 1. The number of benzene rings is 2. The lowest BCUT2D eigenvalue weighted by Crippen LogP contribution is -1.77. The third-order valence-electron chi connectivity index (χ3n) is 3.05. The number of aromatic nitrogens is 1. The van der Waals surface area contributed by atoms with Gasteiger partial charge in [0.25, 0.3) is 0 Å². The number of rotatable bonds is 0. The van der Waals surface area contributed by atoms with Crippen LogP contribution in [0.5, 0.6) is 0 Å². The summed E-state index contributed by atoms with van der Waals surface area (Å²) < 4.78 is 0. The average molecular weight is 279 g/mol. The maximum atomic E-state index is 3.74. The smallest absolute Gasteiger partial charge is 0.0791 e. The lowest BCUT2D eigenvalue weighted by Gasteiger charge is -1.98. The summed E-state index contributed by atoms with van der Waals surface area (Å²) in [7, 11) is 0. The van der Waals surface area contributed by atoms with Crippen molar-refractivity contribution in [2.45, 2.75) is 6.42 Å². The van der Waals surface area contributed by atoms with Crippen LogP contribution in [-0.2, 0) is 6.42 Å². The van der Waals surface area contributed by atoms with Crippen molar-refractivity contribution in [1.82, 2.24) is 4.98 Å². The second-order valence-corrected chi connectivity index (χ2v) is 4.92. The molecule has 0 bridgehead atoms. The van der Waals surface area contributed by atoms with E-state index < -0.39 is 0 Å². The molecule has 0 unspecified atom stereocenters. The molecule has 0 N–H and O–H groups in total. The SMILES string of the molecule is [Si].c1ccc2c(c1)Cc1ccccc1-2.c1cscn1. The Morgan fingerprint density at radius 2 is 1.42 bits per heavy atom. The van der Waals surface area contributed by atoms with Gasteiger partial charge in [-0.1, -0.05) is 48.5 Å². The summed E-state index contributed by atoms with van der Waals surface area (Å²) in [5.41, 5.74) is 7.55. The van der Waals surface area contributed by atoms with E-state index in [4.69, 9.17) is 0 Å². The van der Waals surface area contributed by atoms with Gasteiger partial charge >= 0.3 is 0 Å². The van der Waals surface area contributed by atoms with Gasteiger partial charge in [-0.15, -0.1) is 11.3 Å². The Bertz CT molecular complexity index is 574. The zero-order chi connectivity index (χ0) is 12.2. The van der Waals surface area contributed by atoms with Gasteiger partial charge in [-0.3, -0.25) is 4.98 Å². The first-order chi connectivity index (χ1) is 8.95. The summed E-state index contributed by atoms with van der Waals surface area (Å²) in [6.07, 6.45) is 2.87. The van der Waals surface area contributed by atoms with Crippen molar-refractivity contribution in [2.75, 3.05) is 0 Å². The Morgan fingerprint density at radius 3 is 1.84 bits per heavy atom. The number of hydrogen-bond acceptors (Lipinski definition) is 2. The molecule has 1 aliphatic carbocycles. The van der Waals surface area contributed by atoms with Gasteiger partial charge in [0.15, 0.2) is 0 Å². The van der Waals surface area contributed by atoms with Crippen LogP contribution >= 0.6 is 11.3 Å². The van der Waals surface area contributed by atoms with Gasteiger partial charge < -0.3 is 0 Å². The van der Waals surface area contributed by atoms with Gasteiger partial charge in [0.05, 0.1) is 5.51 Å². The van der Waals surface area contributed by atoms with E-state index in [1.807, 2.05) is 5.38 Å². The molecule has 0 amide bonds. The van der Waals surface area contributed by atoms with Crippen molar-refractivity contribution in [3.63, 3.8) is 0 Å². The molecule has 19 heavy (non-hydrogen) atoms. The predicted molar refractivity (Wildman–Crippen MR) is 82.6 cm³/mol. The maximum absolute atomic E-state index is 3.74. The Kier molecular flexibility index (Phi) is 4.66. The Hall–Kier alpha value is -1.71. The van der Waals surface area contributed by atoms with E-state index in [2.05, 4.69) is 53.5 Å². The lowest BCUT2D eigenvalue weighted by molar-refractivity contribution is 1.26. The molecule has 2 aromatic carbocycles. The zero-order valence-electron chi connectivity index (χ0n) is 10.4. The van der Waals surface area contributed by atoms with Gasteiger partial charge in [-0.25, -0.2) is 0 Å². The molecule has 92 valence electrons. The first-order valence-corrected chi connectivity index (χ1v) is 6.88. The normalized spacial score (nSPS) is 10.5. The molecular formula is C16H13NSSi. The molecular weight excluding hydrogens is 266 g/mol. The molecule has 1 aliphatic rings. The summed E-state index contributed by atoms with van der Waals surface area (Å²) in [5.74, 6) is 0. The minimum Gasteiger partial charge on any atom is -0.253 e. The Morgan fingerprint density at radius 1 is 0.842 bits per heavy atom.